The predicted octanol–water partition coefficient (Wildman–Crippen LogP) is 2.90. The number of fused-ring (bicyclic) bond motifs is 3. The molecule has 1 amide bonds. The minimum atomic E-state index is -0.952. The average Bonchev–Trinajstić information content (AvgIpc) is 2.66. The van der Waals surface area contributed by atoms with Gasteiger partial charge in [-0.05, 0) is 12.1 Å². The molecular weight excluding hydrogens is 206 g/mol. The minimum absolute atomic E-state index is 0.345. The number of para-hydroxylation sites is 1. The molecule has 1 aromatic carbocycles. The summed E-state index contributed by atoms with van der Waals surface area (Å²) in [7, 11) is 0. The average molecular weight is 215 g/mol. The number of furan rings is 1. The van der Waals surface area contributed by atoms with Crippen LogP contribution in [0.5, 0.6) is 0 Å². The largest absolute Gasteiger partial charge is 0.465 e. The molecule has 0 unspecified atom stereocenters. The van der Waals surface area contributed by atoms with Gasteiger partial charge >= 0.3 is 6.09 Å². The highest BCUT2D eigenvalue weighted by Gasteiger charge is 2.20. The van der Waals surface area contributed by atoms with E-state index in [-0.39, 0.29) is 0 Å². The smallest absolute Gasteiger partial charge is 0.411 e. The van der Waals surface area contributed by atoms with Crippen molar-refractivity contribution in [1.29, 1.82) is 0 Å². The lowest BCUT2D eigenvalue weighted by atomic mass is 10.1. The first-order valence-electron chi connectivity index (χ1n) is 4.94. The summed E-state index contributed by atoms with van der Waals surface area (Å²) in [6.45, 7) is 0.345. The normalized spacial score (nSPS) is 14.1. The molecule has 4 nitrogen and oxygen atoms in total. The zero-order valence-electron chi connectivity index (χ0n) is 8.38. The van der Waals surface area contributed by atoms with Gasteiger partial charge in [0.15, 0.2) is 0 Å². The number of rotatable bonds is 0. The Morgan fingerprint density at radius 1 is 1.38 bits per heavy atom. The second-order valence-corrected chi connectivity index (χ2v) is 3.67. The highest BCUT2D eigenvalue weighted by molar-refractivity contribution is 5.86. The SMILES string of the molecule is O=C(O)N1C=Cc2oc3ccccc3c2C1. The van der Waals surface area contributed by atoms with Gasteiger partial charge in [-0.1, -0.05) is 18.2 Å². The Morgan fingerprint density at radius 2 is 2.19 bits per heavy atom. The molecule has 0 radical (unpaired) electrons. The van der Waals surface area contributed by atoms with Gasteiger partial charge in [0.1, 0.15) is 11.3 Å². The van der Waals surface area contributed by atoms with Crippen LogP contribution in [0.15, 0.2) is 34.9 Å². The van der Waals surface area contributed by atoms with Crippen molar-refractivity contribution in [1.82, 2.24) is 4.90 Å². The molecule has 0 saturated heterocycles. The highest BCUT2D eigenvalue weighted by Crippen LogP contribution is 2.30. The van der Waals surface area contributed by atoms with Crippen molar-refractivity contribution >= 4 is 23.1 Å². The van der Waals surface area contributed by atoms with Crippen LogP contribution in [0.1, 0.15) is 11.3 Å². The number of hydrogen-bond acceptors (Lipinski definition) is 2. The van der Waals surface area contributed by atoms with E-state index < -0.39 is 6.09 Å². The van der Waals surface area contributed by atoms with Gasteiger partial charge in [0.25, 0.3) is 0 Å². The Morgan fingerprint density at radius 3 is 3.00 bits per heavy atom. The van der Waals surface area contributed by atoms with E-state index in [4.69, 9.17) is 9.52 Å². The topological polar surface area (TPSA) is 53.7 Å². The van der Waals surface area contributed by atoms with Crippen LogP contribution >= 0.6 is 0 Å². The van der Waals surface area contributed by atoms with E-state index in [1.165, 1.54) is 11.1 Å². The van der Waals surface area contributed by atoms with Crippen LogP contribution in [-0.2, 0) is 6.54 Å². The lowest BCUT2D eigenvalue weighted by molar-refractivity contribution is 0.160. The van der Waals surface area contributed by atoms with Crippen molar-refractivity contribution in [3.8, 4) is 0 Å². The third kappa shape index (κ3) is 1.20. The van der Waals surface area contributed by atoms with Crippen LogP contribution < -0.4 is 0 Å². The predicted molar refractivity (Wildman–Crippen MR) is 58.8 cm³/mol. The van der Waals surface area contributed by atoms with Crippen molar-refractivity contribution in [2.24, 2.45) is 0 Å². The maximum absolute atomic E-state index is 10.9. The molecule has 0 aliphatic carbocycles. The molecule has 1 N–H and O–H groups in total. The molecule has 0 atom stereocenters. The summed E-state index contributed by atoms with van der Waals surface area (Å²) in [5.74, 6) is 0.749. The van der Waals surface area contributed by atoms with Crippen molar-refractivity contribution in [2.75, 3.05) is 0 Å². The maximum Gasteiger partial charge on any atom is 0.411 e. The van der Waals surface area contributed by atoms with Crippen LogP contribution in [-0.4, -0.2) is 16.1 Å². The number of nitrogens with zero attached hydrogens (tertiary/aromatic N) is 1. The van der Waals surface area contributed by atoms with Crippen molar-refractivity contribution in [3.05, 3.63) is 41.8 Å². The first-order valence-corrected chi connectivity index (χ1v) is 4.94. The lowest BCUT2D eigenvalue weighted by Crippen LogP contribution is -2.24. The molecule has 2 aromatic rings. The molecular formula is C12H9NO3. The monoisotopic (exact) mass is 215 g/mol. The van der Waals surface area contributed by atoms with Gasteiger partial charge in [0.05, 0.1) is 6.54 Å². The number of carbonyl (C=O) groups is 1. The number of hydrogen-bond donors (Lipinski definition) is 1. The lowest BCUT2D eigenvalue weighted by Gasteiger charge is -2.17. The van der Waals surface area contributed by atoms with Gasteiger partial charge < -0.3 is 9.52 Å². The molecule has 16 heavy (non-hydrogen) atoms. The summed E-state index contributed by atoms with van der Waals surface area (Å²) in [4.78, 5) is 12.1. The Balaban J connectivity index is 2.17. The van der Waals surface area contributed by atoms with E-state index in [1.54, 1.807) is 6.08 Å². The fourth-order valence-electron chi connectivity index (χ4n) is 1.93. The summed E-state index contributed by atoms with van der Waals surface area (Å²) in [5.41, 5.74) is 1.73. The Labute approximate surface area is 91.4 Å². The summed E-state index contributed by atoms with van der Waals surface area (Å²) < 4.78 is 5.61. The van der Waals surface area contributed by atoms with E-state index in [2.05, 4.69) is 0 Å². The minimum Gasteiger partial charge on any atom is -0.465 e. The second kappa shape index (κ2) is 3.13. The van der Waals surface area contributed by atoms with Crippen molar-refractivity contribution in [2.45, 2.75) is 6.54 Å². The molecule has 80 valence electrons. The Hall–Kier alpha value is -2.23. The van der Waals surface area contributed by atoms with E-state index >= 15 is 0 Å². The van der Waals surface area contributed by atoms with Gasteiger partial charge in [-0.3, -0.25) is 4.90 Å². The zero-order chi connectivity index (χ0) is 11.1. The molecule has 0 spiro atoms. The van der Waals surface area contributed by atoms with E-state index in [9.17, 15) is 4.79 Å². The van der Waals surface area contributed by atoms with E-state index in [1.807, 2.05) is 24.3 Å². The summed E-state index contributed by atoms with van der Waals surface area (Å²) >= 11 is 0. The number of amides is 1. The third-order valence-corrected chi connectivity index (χ3v) is 2.71. The first kappa shape index (κ1) is 9.03. The zero-order valence-corrected chi connectivity index (χ0v) is 8.38. The first-order chi connectivity index (χ1) is 7.75. The van der Waals surface area contributed by atoms with Crippen molar-refractivity contribution < 1.29 is 14.3 Å². The van der Waals surface area contributed by atoms with Crippen LogP contribution in [0.4, 0.5) is 4.79 Å². The molecule has 0 saturated carbocycles. The van der Waals surface area contributed by atoms with Crippen LogP contribution in [0.3, 0.4) is 0 Å². The number of benzene rings is 1. The van der Waals surface area contributed by atoms with Crippen LogP contribution in [0.2, 0.25) is 0 Å². The molecule has 1 aliphatic heterocycles. The van der Waals surface area contributed by atoms with Crippen molar-refractivity contribution in [3.63, 3.8) is 0 Å². The summed E-state index contributed by atoms with van der Waals surface area (Å²) in [6.07, 6.45) is 2.26. The van der Waals surface area contributed by atoms with E-state index in [0.717, 1.165) is 22.3 Å². The van der Waals surface area contributed by atoms with Crippen LogP contribution in [0, 0.1) is 0 Å². The molecule has 0 bridgehead atoms. The Bertz CT molecular complexity index is 597. The number of carboxylic acid groups (broad SMARTS) is 1. The standard InChI is InChI=1S/C12H9NO3/c14-12(15)13-6-5-11-9(7-13)8-3-1-2-4-10(8)16-11/h1-6H,7H2,(H,14,15). The van der Waals surface area contributed by atoms with Gasteiger partial charge in [-0.15, -0.1) is 0 Å². The van der Waals surface area contributed by atoms with Gasteiger partial charge in [0, 0.05) is 17.1 Å². The summed E-state index contributed by atoms with van der Waals surface area (Å²) in [5, 5.41) is 9.90. The fraction of sp³-hybridized carbons (Fsp3) is 0.0833. The molecule has 0 fully saturated rings. The third-order valence-electron chi connectivity index (χ3n) is 2.71. The Kier molecular flexibility index (Phi) is 1.77. The second-order valence-electron chi connectivity index (χ2n) is 3.67. The maximum atomic E-state index is 10.9. The fourth-order valence-corrected chi connectivity index (χ4v) is 1.93. The van der Waals surface area contributed by atoms with Gasteiger partial charge in [0.2, 0.25) is 0 Å². The molecule has 2 heterocycles. The molecule has 1 aromatic heterocycles. The van der Waals surface area contributed by atoms with E-state index in [0.29, 0.717) is 6.54 Å². The highest BCUT2D eigenvalue weighted by atomic mass is 16.4. The molecule has 4 heteroatoms. The summed E-state index contributed by atoms with van der Waals surface area (Å²) in [6, 6.07) is 7.64. The van der Waals surface area contributed by atoms with Crippen LogP contribution in [0.25, 0.3) is 17.0 Å². The quantitative estimate of drug-likeness (QED) is 0.735. The van der Waals surface area contributed by atoms with Gasteiger partial charge in [-0.2, -0.15) is 0 Å². The molecule has 3 rings (SSSR count). The molecule has 1 aliphatic rings. The van der Waals surface area contributed by atoms with Gasteiger partial charge in [-0.25, -0.2) is 4.79 Å².